The van der Waals surface area contributed by atoms with Crippen molar-refractivity contribution in [3.8, 4) is 0 Å². The minimum atomic E-state index is 0. The second-order valence-electron chi connectivity index (χ2n) is 8.56. The lowest BCUT2D eigenvalue weighted by atomic mass is 10.1. The second-order valence-corrected chi connectivity index (χ2v) is 8.56. The number of nitrogens with zero attached hydrogens (tertiary/aromatic N) is 2. The molecule has 0 atom stereocenters. The molecule has 0 unspecified atom stereocenters. The van der Waals surface area contributed by atoms with Gasteiger partial charge in [-0.2, -0.15) is 0 Å². The molecule has 6 heteroatoms. The highest BCUT2D eigenvalue weighted by molar-refractivity contribution is 8.93. The highest BCUT2D eigenvalue weighted by Crippen LogP contribution is 2.11. The molecule has 0 aliphatic rings. The van der Waals surface area contributed by atoms with Crippen LogP contribution in [0.5, 0.6) is 0 Å². The molecule has 154 valence electrons. The summed E-state index contributed by atoms with van der Waals surface area (Å²) < 4.78 is 2.24. The predicted octanol–water partition coefficient (Wildman–Crippen LogP) is -0.536. The van der Waals surface area contributed by atoms with Crippen LogP contribution in [0.1, 0.15) is 64.2 Å². The summed E-state index contributed by atoms with van der Waals surface area (Å²) in [6, 6.07) is 0. The Balaban J connectivity index is -0.000000301. The minimum Gasteiger partial charge on any atom is -1.00 e. The molecule has 0 aromatic carbocycles. The normalized spacial score (nSPS) is 10.8. The summed E-state index contributed by atoms with van der Waals surface area (Å²) in [5.41, 5.74) is 0. The van der Waals surface area contributed by atoms with Crippen LogP contribution in [-0.4, -0.2) is 64.3 Å². The van der Waals surface area contributed by atoms with E-state index in [0.29, 0.717) is 0 Å². The monoisotopic (exact) mass is 604 g/mol. The van der Waals surface area contributed by atoms with Gasteiger partial charge in [-0.1, -0.05) is 38.5 Å². The summed E-state index contributed by atoms with van der Waals surface area (Å²) in [7, 11) is 13.7. The van der Waals surface area contributed by atoms with Gasteiger partial charge in [-0.25, -0.2) is 0 Å². The average molecular weight is 608 g/mol. The maximum absolute atomic E-state index is 2.29. The molecule has 0 aromatic rings. The maximum atomic E-state index is 2.29. The molecule has 24 heavy (non-hydrogen) atoms. The fourth-order valence-corrected chi connectivity index (χ4v) is 2.59. The van der Waals surface area contributed by atoms with E-state index in [9.17, 15) is 0 Å². The zero-order chi connectivity index (χ0) is 15.5. The quantitative estimate of drug-likeness (QED) is 0.195. The Morgan fingerprint density at radius 3 is 0.708 bits per heavy atom. The van der Waals surface area contributed by atoms with E-state index in [2.05, 4.69) is 42.3 Å². The second kappa shape index (κ2) is 21.1. The molecule has 0 N–H and O–H groups in total. The zero-order valence-corrected chi connectivity index (χ0v) is 23.6. The van der Waals surface area contributed by atoms with Gasteiger partial charge in [0.05, 0.1) is 55.4 Å². The van der Waals surface area contributed by atoms with Gasteiger partial charge in [-0.15, -0.1) is 34.0 Å². The fraction of sp³-hybridized carbons (Fsp3) is 1.00. The summed E-state index contributed by atoms with van der Waals surface area (Å²) in [5, 5.41) is 0. The smallest absolute Gasteiger partial charge is 0.0780 e. The van der Waals surface area contributed by atoms with Crippen LogP contribution in [-0.2, 0) is 0 Å². The molecule has 0 amide bonds. The molecule has 0 aliphatic heterocycles. The Hall–Kier alpha value is 1.84. The first-order valence-corrected chi connectivity index (χ1v) is 8.82. The van der Waals surface area contributed by atoms with Gasteiger partial charge >= 0.3 is 0 Å². The topological polar surface area (TPSA) is 0 Å². The summed E-state index contributed by atoms with van der Waals surface area (Å²) >= 11 is 0. The van der Waals surface area contributed by atoms with Crippen molar-refractivity contribution >= 4 is 34.0 Å². The first kappa shape index (κ1) is 36.7. The number of quaternary nitrogens is 2. The van der Waals surface area contributed by atoms with Gasteiger partial charge in [0.1, 0.15) is 0 Å². The summed E-state index contributed by atoms with van der Waals surface area (Å²) in [5.74, 6) is 0. The number of hydrogen-bond donors (Lipinski definition) is 0. The third kappa shape index (κ3) is 35.0. The van der Waals surface area contributed by atoms with E-state index in [0.717, 1.165) is 8.97 Å². The summed E-state index contributed by atoms with van der Waals surface area (Å²) in [4.78, 5) is 0. The third-order valence-corrected chi connectivity index (χ3v) is 3.91. The minimum absolute atomic E-state index is 0. The number of rotatable bonds is 13. The lowest BCUT2D eigenvalue weighted by molar-refractivity contribution is -0.870. The zero-order valence-electron chi connectivity index (χ0n) is 17.0. The van der Waals surface area contributed by atoms with Crippen LogP contribution in [0.15, 0.2) is 0 Å². The van der Waals surface area contributed by atoms with Crippen molar-refractivity contribution in [3.05, 3.63) is 0 Å². The first-order valence-electron chi connectivity index (χ1n) is 8.82. The van der Waals surface area contributed by atoms with Crippen molar-refractivity contribution in [1.29, 1.82) is 0 Å². The molecule has 0 heterocycles. The Kier molecular flexibility index (Phi) is 32.3. The van der Waals surface area contributed by atoms with E-state index in [1.54, 1.807) is 0 Å². The van der Waals surface area contributed by atoms with Crippen LogP contribution in [0.2, 0.25) is 0 Å². The maximum Gasteiger partial charge on any atom is 0.0780 e. The molecular weight excluding hydrogens is 564 g/mol. The van der Waals surface area contributed by atoms with Crippen molar-refractivity contribution < 1.29 is 42.9 Å². The molecule has 2 nitrogen and oxygen atoms in total. The first-order chi connectivity index (χ1) is 9.21. The summed E-state index contributed by atoms with van der Waals surface area (Å²) in [6.07, 6.45) is 14.4. The van der Waals surface area contributed by atoms with Crippen molar-refractivity contribution in [2.24, 2.45) is 0 Å². The van der Waals surface area contributed by atoms with Crippen LogP contribution in [0, 0.1) is 0 Å². The number of hydrogen-bond acceptors (Lipinski definition) is 0. The fourth-order valence-electron chi connectivity index (χ4n) is 2.59. The molecule has 0 radical (unpaired) electrons. The van der Waals surface area contributed by atoms with E-state index in [4.69, 9.17) is 0 Å². The molecule has 0 saturated carbocycles. The number of halogens is 4. The van der Waals surface area contributed by atoms with E-state index < -0.39 is 0 Å². The molecule has 0 fully saturated rings. The third-order valence-electron chi connectivity index (χ3n) is 3.91. The van der Waals surface area contributed by atoms with E-state index in [1.165, 1.54) is 77.3 Å². The van der Waals surface area contributed by atoms with Crippen LogP contribution in [0.25, 0.3) is 0 Å². The molecule has 0 rings (SSSR count). The van der Waals surface area contributed by atoms with Crippen LogP contribution < -0.4 is 34.0 Å². The van der Waals surface area contributed by atoms with Crippen molar-refractivity contribution in [3.63, 3.8) is 0 Å². The van der Waals surface area contributed by atoms with Gasteiger partial charge < -0.3 is 42.9 Å². The highest BCUT2D eigenvalue weighted by Gasteiger charge is 2.06. The SMILES string of the molecule is Br.Br.C[N+](C)(C)CCCCCCCCCCCC[N+](C)(C)C.[Br-].[Br-]. The van der Waals surface area contributed by atoms with Gasteiger partial charge in [0.2, 0.25) is 0 Å². The van der Waals surface area contributed by atoms with Gasteiger partial charge in [0.15, 0.2) is 0 Å². The van der Waals surface area contributed by atoms with Gasteiger partial charge in [0.25, 0.3) is 0 Å². The molecule has 0 bridgehead atoms. The van der Waals surface area contributed by atoms with Gasteiger partial charge in [-0.3, -0.25) is 0 Å². The van der Waals surface area contributed by atoms with E-state index in [-0.39, 0.29) is 67.9 Å². The van der Waals surface area contributed by atoms with Gasteiger partial charge in [-0.05, 0) is 25.7 Å². The summed E-state index contributed by atoms with van der Waals surface area (Å²) in [6.45, 7) is 2.65. The molecule has 0 spiro atoms. The molecular formula is C18H44Br4N2. The average Bonchev–Trinajstić information content (AvgIpc) is 2.27. The highest BCUT2D eigenvalue weighted by atomic mass is 79.9. The van der Waals surface area contributed by atoms with Crippen LogP contribution in [0.4, 0.5) is 0 Å². The van der Waals surface area contributed by atoms with E-state index in [1.807, 2.05) is 0 Å². The van der Waals surface area contributed by atoms with Crippen molar-refractivity contribution in [2.75, 3.05) is 55.4 Å². The molecule has 0 aromatic heterocycles. The van der Waals surface area contributed by atoms with Crippen LogP contribution in [0.3, 0.4) is 0 Å². The van der Waals surface area contributed by atoms with Crippen molar-refractivity contribution in [1.82, 2.24) is 0 Å². The largest absolute Gasteiger partial charge is 1.00 e. The molecule has 0 aliphatic carbocycles. The van der Waals surface area contributed by atoms with Crippen LogP contribution >= 0.6 is 34.0 Å². The Morgan fingerprint density at radius 1 is 0.375 bits per heavy atom. The van der Waals surface area contributed by atoms with E-state index >= 15 is 0 Å². The lowest BCUT2D eigenvalue weighted by Gasteiger charge is -2.23. The standard InChI is InChI=1S/C18H42N2.4BrH/c1-19(2,3)17-15-13-11-9-7-8-10-12-14-16-18-20(4,5)6;;;;/h7-18H2,1-6H3;4*1H/q+2;;;;/p-2. The van der Waals surface area contributed by atoms with Gasteiger partial charge in [0, 0.05) is 0 Å². The Bertz CT molecular complexity index is 202. The predicted molar refractivity (Wildman–Crippen MR) is 113 cm³/mol. The Labute approximate surface area is 195 Å². The van der Waals surface area contributed by atoms with Crippen molar-refractivity contribution in [2.45, 2.75) is 64.2 Å². The molecule has 0 saturated heterocycles. The Morgan fingerprint density at radius 2 is 0.542 bits per heavy atom. The lowest BCUT2D eigenvalue weighted by Crippen LogP contribution is -3.00. The number of unbranched alkanes of at least 4 members (excludes halogenated alkanes) is 9.